The Bertz CT molecular complexity index is 1270. The van der Waals surface area contributed by atoms with Crippen LogP contribution < -0.4 is 5.32 Å². The van der Waals surface area contributed by atoms with Crippen molar-refractivity contribution in [1.29, 1.82) is 0 Å². The van der Waals surface area contributed by atoms with Gasteiger partial charge in [0, 0.05) is 29.8 Å². The first kappa shape index (κ1) is 16.6. The van der Waals surface area contributed by atoms with Gasteiger partial charge in [-0.3, -0.25) is 10.2 Å². The van der Waals surface area contributed by atoms with E-state index >= 15 is 0 Å². The van der Waals surface area contributed by atoms with Crippen LogP contribution in [0, 0.1) is 0 Å². The zero-order valence-corrected chi connectivity index (χ0v) is 15.6. The Morgan fingerprint density at radius 3 is 2.50 bits per heavy atom. The van der Waals surface area contributed by atoms with Crippen molar-refractivity contribution in [3.8, 4) is 11.3 Å². The lowest BCUT2D eigenvalue weighted by molar-refractivity contribution is 0.0786. The van der Waals surface area contributed by atoms with Crippen LogP contribution in [0.1, 0.15) is 19.4 Å². The minimum atomic E-state index is -0.870. The maximum atomic E-state index is 10.1. The molecule has 2 aromatic carbocycles. The van der Waals surface area contributed by atoms with Crippen LogP contribution in [0.5, 0.6) is 0 Å². The number of benzene rings is 2. The van der Waals surface area contributed by atoms with Crippen LogP contribution in [0.15, 0.2) is 61.1 Å². The second kappa shape index (κ2) is 5.97. The van der Waals surface area contributed by atoms with Gasteiger partial charge in [-0.1, -0.05) is 18.2 Å². The number of fused-ring (bicyclic) bond motifs is 2. The number of H-pyrrole nitrogens is 2. The molecule has 7 heteroatoms. The van der Waals surface area contributed by atoms with Gasteiger partial charge in [-0.05, 0) is 43.7 Å². The summed E-state index contributed by atoms with van der Waals surface area (Å²) in [7, 11) is 0. The first-order valence-corrected chi connectivity index (χ1v) is 9.07. The molecule has 0 atom stereocenters. The zero-order chi connectivity index (χ0) is 19.3. The smallest absolute Gasteiger partial charge is 0.180 e. The summed E-state index contributed by atoms with van der Waals surface area (Å²) in [4.78, 5) is 9.24. The quantitative estimate of drug-likeness (QED) is 0.381. The van der Waals surface area contributed by atoms with Crippen molar-refractivity contribution in [1.82, 2.24) is 24.6 Å². The van der Waals surface area contributed by atoms with Gasteiger partial charge >= 0.3 is 0 Å². The molecule has 28 heavy (non-hydrogen) atoms. The fourth-order valence-corrected chi connectivity index (χ4v) is 3.24. The number of nitrogens with zero attached hydrogens (tertiary/aromatic N) is 3. The van der Waals surface area contributed by atoms with Crippen LogP contribution in [-0.2, 0) is 5.60 Å². The molecule has 0 aliphatic heterocycles. The van der Waals surface area contributed by atoms with E-state index in [4.69, 9.17) is 4.98 Å². The number of rotatable bonds is 4. The van der Waals surface area contributed by atoms with Crippen molar-refractivity contribution in [3.63, 3.8) is 0 Å². The lowest BCUT2D eigenvalue weighted by Crippen LogP contribution is -2.15. The van der Waals surface area contributed by atoms with Crippen LogP contribution in [0.4, 0.5) is 11.5 Å². The number of aliphatic hydroxyl groups is 1. The Hall–Kier alpha value is -3.58. The predicted molar refractivity (Wildman–Crippen MR) is 110 cm³/mol. The second-order valence-electron chi connectivity index (χ2n) is 7.40. The third kappa shape index (κ3) is 2.82. The van der Waals surface area contributed by atoms with E-state index in [0.717, 1.165) is 39.2 Å². The second-order valence-corrected chi connectivity index (χ2v) is 7.40. The number of aromatic nitrogens is 5. The highest BCUT2D eigenvalue weighted by Crippen LogP contribution is 2.27. The third-order valence-electron chi connectivity index (χ3n) is 4.88. The van der Waals surface area contributed by atoms with Crippen LogP contribution in [0.2, 0.25) is 0 Å². The molecule has 0 unspecified atom stereocenters. The summed E-state index contributed by atoms with van der Waals surface area (Å²) in [5.74, 6) is 0.673. The van der Waals surface area contributed by atoms with Gasteiger partial charge in [-0.15, -0.1) is 0 Å². The first-order chi connectivity index (χ1) is 13.5. The van der Waals surface area contributed by atoms with Crippen molar-refractivity contribution >= 4 is 28.2 Å². The molecule has 0 saturated carbocycles. The minimum absolute atomic E-state index is 0.673. The molecule has 4 N–H and O–H groups in total. The van der Waals surface area contributed by atoms with Crippen LogP contribution in [0.3, 0.4) is 0 Å². The summed E-state index contributed by atoms with van der Waals surface area (Å²) < 4.78 is 1.96. The maximum absolute atomic E-state index is 10.1. The highest BCUT2D eigenvalue weighted by Gasteiger charge is 2.16. The molecule has 140 valence electrons. The van der Waals surface area contributed by atoms with Gasteiger partial charge < -0.3 is 14.8 Å². The van der Waals surface area contributed by atoms with Crippen LogP contribution in [0.25, 0.3) is 27.9 Å². The van der Waals surface area contributed by atoms with Crippen molar-refractivity contribution < 1.29 is 5.11 Å². The van der Waals surface area contributed by atoms with E-state index in [1.807, 2.05) is 53.2 Å². The summed E-state index contributed by atoms with van der Waals surface area (Å²) in [6.07, 6.45) is 5.63. The van der Waals surface area contributed by atoms with Crippen LogP contribution >= 0.6 is 0 Å². The molecule has 0 aliphatic carbocycles. The Labute approximate surface area is 161 Å². The van der Waals surface area contributed by atoms with E-state index in [-0.39, 0.29) is 0 Å². The highest BCUT2D eigenvalue weighted by molar-refractivity contribution is 5.82. The Kier molecular flexibility index (Phi) is 3.53. The molecular formula is C21H20N6O. The molecule has 0 spiro atoms. The molecule has 0 radical (unpaired) electrons. The molecule has 3 aromatic heterocycles. The number of aromatic amines is 2. The van der Waals surface area contributed by atoms with Gasteiger partial charge in [0.25, 0.3) is 0 Å². The predicted octanol–water partition coefficient (Wildman–Crippen LogP) is 4.18. The van der Waals surface area contributed by atoms with Gasteiger partial charge in [0.15, 0.2) is 11.5 Å². The van der Waals surface area contributed by atoms with Crippen molar-refractivity contribution in [2.45, 2.75) is 19.4 Å². The van der Waals surface area contributed by atoms with E-state index in [1.165, 1.54) is 0 Å². The molecule has 5 rings (SSSR count). The van der Waals surface area contributed by atoms with Crippen molar-refractivity contribution in [3.05, 3.63) is 66.6 Å². The highest BCUT2D eigenvalue weighted by atomic mass is 16.3. The number of imidazole rings is 1. The average molecular weight is 372 g/mol. The molecular weight excluding hydrogens is 352 g/mol. The van der Waals surface area contributed by atoms with Gasteiger partial charge in [-0.2, -0.15) is 0 Å². The largest absolute Gasteiger partial charge is 0.386 e. The van der Waals surface area contributed by atoms with E-state index in [9.17, 15) is 5.11 Å². The van der Waals surface area contributed by atoms with Gasteiger partial charge in [0.2, 0.25) is 0 Å². The van der Waals surface area contributed by atoms with Gasteiger partial charge in [0.1, 0.15) is 0 Å². The van der Waals surface area contributed by atoms with Gasteiger partial charge in [0.05, 0.1) is 22.3 Å². The summed E-state index contributed by atoms with van der Waals surface area (Å²) in [6, 6.07) is 13.8. The van der Waals surface area contributed by atoms with Gasteiger partial charge in [-0.25, -0.2) is 9.97 Å². The lowest BCUT2D eigenvalue weighted by atomic mass is 9.98. The average Bonchev–Trinajstić information content (AvgIpc) is 3.11. The Balaban J connectivity index is 1.54. The number of hydrogen-bond donors (Lipinski definition) is 4. The third-order valence-corrected chi connectivity index (χ3v) is 4.88. The fourth-order valence-electron chi connectivity index (χ4n) is 3.24. The summed E-state index contributed by atoms with van der Waals surface area (Å²) in [6.45, 7) is 3.54. The molecule has 0 amide bonds. The molecule has 0 aliphatic rings. The van der Waals surface area contributed by atoms with E-state index in [2.05, 4.69) is 26.6 Å². The lowest BCUT2D eigenvalue weighted by Gasteiger charge is -2.18. The van der Waals surface area contributed by atoms with E-state index < -0.39 is 5.60 Å². The Morgan fingerprint density at radius 1 is 1.04 bits per heavy atom. The number of anilines is 2. The summed E-state index contributed by atoms with van der Waals surface area (Å²) >= 11 is 0. The minimum Gasteiger partial charge on any atom is -0.386 e. The molecule has 0 saturated heterocycles. The standard InChI is InChI=1S/C21H20N6O/c1-21(2,28)14-4-6-15(7-5-14)23-19-20-22-9-10-27(20)12-18(24-19)13-3-8-16-17(11-13)26-25-16/h3-12,25-26,28H,1-2H3,(H,23,24). The van der Waals surface area contributed by atoms with E-state index in [1.54, 1.807) is 20.0 Å². The van der Waals surface area contributed by atoms with E-state index in [0.29, 0.717) is 5.82 Å². The fraction of sp³-hybridized carbons (Fsp3) is 0.143. The monoisotopic (exact) mass is 372 g/mol. The zero-order valence-electron chi connectivity index (χ0n) is 15.6. The molecule has 0 fully saturated rings. The molecule has 7 nitrogen and oxygen atoms in total. The SMILES string of the molecule is CC(C)(O)c1ccc(Nc2nc(-c3ccc4[nH][nH]c4c3)cn3ccnc23)cc1. The van der Waals surface area contributed by atoms with Crippen molar-refractivity contribution in [2.75, 3.05) is 5.32 Å². The maximum Gasteiger partial charge on any atom is 0.180 e. The molecule has 0 bridgehead atoms. The number of nitrogens with one attached hydrogen (secondary N) is 3. The van der Waals surface area contributed by atoms with Crippen LogP contribution in [-0.4, -0.2) is 29.7 Å². The molecule has 3 heterocycles. The summed E-state index contributed by atoms with van der Waals surface area (Å²) in [5.41, 5.74) is 5.62. The topological polar surface area (TPSA) is 94.0 Å². The molecule has 5 aromatic rings. The first-order valence-electron chi connectivity index (χ1n) is 9.07. The normalized spacial score (nSPS) is 12.1. The number of hydrogen-bond acceptors (Lipinski definition) is 4. The summed E-state index contributed by atoms with van der Waals surface area (Å²) in [5, 5.41) is 19.6. The van der Waals surface area contributed by atoms with Crippen molar-refractivity contribution in [2.24, 2.45) is 0 Å². The Morgan fingerprint density at radius 2 is 1.82 bits per heavy atom.